The minimum absolute atomic E-state index is 0.210. The van der Waals surface area contributed by atoms with Crippen LogP contribution in [0.4, 0.5) is 5.69 Å². The number of fused-ring (bicyclic) bond motifs is 1. The maximum atomic E-state index is 12.2. The average Bonchev–Trinajstić information content (AvgIpc) is 3.11. The number of sulfonamides is 1. The first-order chi connectivity index (χ1) is 13.4. The Morgan fingerprint density at radius 2 is 1.96 bits per heavy atom. The smallest absolute Gasteiger partial charge is 0.240 e. The molecule has 0 amide bonds. The molecule has 0 aliphatic heterocycles. The van der Waals surface area contributed by atoms with Crippen LogP contribution in [-0.2, 0) is 30.7 Å². The lowest BCUT2D eigenvalue weighted by molar-refractivity contribution is 0.588. The first kappa shape index (κ1) is 18.7. The Morgan fingerprint density at radius 1 is 1.14 bits per heavy atom. The number of hydrogen-bond acceptors (Lipinski definition) is 5. The van der Waals surface area contributed by atoms with E-state index in [1.165, 1.54) is 22.8 Å². The van der Waals surface area contributed by atoms with E-state index in [0.717, 1.165) is 11.3 Å². The number of rotatable bonds is 6. The molecule has 0 unspecified atom stereocenters. The summed E-state index contributed by atoms with van der Waals surface area (Å²) in [6.07, 6.45) is 3.57. The monoisotopic (exact) mass is 415 g/mol. The highest BCUT2D eigenvalue weighted by atomic mass is 32.2. The predicted octanol–water partition coefficient (Wildman–Crippen LogP) is 3.16. The number of nitrogens with zero attached hydrogens (tertiary/aromatic N) is 3. The highest BCUT2D eigenvalue weighted by molar-refractivity contribution is 7.89. The van der Waals surface area contributed by atoms with Crippen LogP contribution in [0, 0.1) is 0 Å². The summed E-state index contributed by atoms with van der Waals surface area (Å²) in [6, 6.07) is 11.4. The quantitative estimate of drug-likeness (QED) is 0.507. The van der Waals surface area contributed by atoms with Gasteiger partial charge < -0.3 is 9.88 Å². The van der Waals surface area contributed by atoms with Crippen molar-refractivity contribution in [2.24, 2.45) is 14.1 Å². The van der Waals surface area contributed by atoms with Crippen LogP contribution in [-0.4, -0.2) is 29.0 Å². The Balaban J connectivity index is 1.67. The van der Waals surface area contributed by atoms with Gasteiger partial charge >= 0.3 is 0 Å². The fourth-order valence-corrected chi connectivity index (χ4v) is 4.76. The highest BCUT2D eigenvalue weighted by Crippen LogP contribution is 2.30. The van der Waals surface area contributed by atoms with Crippen LogP contribution in [0.5, 0.6) is 0 Å². The molecular formula is C19H21N5O2S2. The third kappa shape index (κ3) is 3.44. The first-order valence-corrected chi connectivity index (χ1v) is 11.0. The highest BCUT2D eigenvalue weighted by Gasteiger charge is 2.16. The SMILES string of the molecule is CNS(=O)(=O)c1ccc(NCc2ccc3c(c2)sn3C)c(-c2cn(C)cn2)c1. The van der Waals surface area contributed by atoms with E-state index in [0.29, 0.717) is 12.2 Å². The number of aryl methyl sites for hydroxylation is 2. The van der Waals surface area contributed by atoms with Crippen LogP contribution in [0.2, 0.25) is 0 Å². The van der Waals surface area contributed by atoms with Crippen molar-refractivity contribution in [3.05, 3.63) is 54.5 Å². The molecule has 2 aromatic heterocycles. The van der Waals surface area contributed by atoms with E-state index in [1.54, 1.807) is 36.1 Å². The summed E-state index contributed by atoms with van der Waals surface area (Å²) in [7, 11) is 1.80. The lowest BCUT2D eigenvalue weighted by Crippen LogP contribution is -2.18. The van der Waals surface area contributed by atoms with Crippen molar-refractivity contribution in [3.8, 4) is 11.3 Å². The number of benzene rings is 2. The number of nitrogens with one attached hydrogen (secondary N) is 2. The topological polar surface area (TPSA) is 81.0 Å². The molecule has 0 saturated carbocycles. The molecule has 28 heavy (non-hydrogen) atoms. The Morgan fingerprint density at radius 3 is 2.61 bits per heavy atom. The molecule has 2 N–H and O–H groups in total. The molecule has 9 heteroatoms. The van der Waals surface area contributed by atoms with Gasteiger partial charge in [-0.2, -0.15) is 0 Å². The fraction of sp³-hybridized carbons (Fsp3) is 0.211. The minimum atomic E-state index is -3.53. The van der Waals surface area contributed by atoms with Gasteiger partial charge in [-0.3, -0.25) is 3.96 Å². The molecule has 0 aliphatic rings. The maximum absolute atomic E-state index is 12.2. The van der Waals surface area contributed by atoms with Gasteiger partial charge in [0.25, 0.3) is 0 Å². The molecule has 0 aliphatic carbocycles. The molecule has 0 bridgehead atoms. The van der Waals surface area contributed by atoms with Crippen molar-refractivity contribution in [1.82, 2.24) is 18.2 Å². The zero-order valence-electron chi connectivity index (χ0n) is 15.8. The molecule has 0 saturated heterocycles. The summed E-state index contributed by atoms with van der Waals surface area (Å²) in [5, 5.41) is 3.43. The largest absolute Gasteiger partial charge is 0.380 e. The van der Waals surface area contributed by atoms with Gasteiger partial charge in [0.2, 0.25) is 10.0 Å². The Labute approximate surface area is 167 Å². The molecule has 4 rings (SSSR count). The summed E-state index contributed by atoms with van der Waals surface area (Å²) in [4.78, 5) is 4.60. The van der Waals surface area contributed by atoms with Crippen molar-refractivity contribution >= 4 is 37.5 Å². The third-order valence-corrected chi connectivity index (χ3v) is 7.04. The molecular weight excluding hydrogens is 394 g/mol. The van der Waals surface area contributed by atoms with Crippen LogP contribution in [0.1, 0.15) is 5.56 Å². The summed E-state index contributed by atoms with van der Waals surface area (Å²) in [6.45, 7) is 0.634. The first-order valence-electron chi connectivity index (χ1n) is 8.72. The van der Waals surface area contributed by atoms with E-state index in [-0.39, 0.29) is 4.90 Å². The molecule has 0 spiro atoms. The van der Waals surface area contributed by atoms with E-state index < -0.39 is 10.0 Å². The fourth-order valence-electron chi connectivity index (χ4n) is 3.08. The molecule has 0 fully saturated rings. The number of imidazole rings is 1. The van der Waals surface area contributed by atoms with Crippen molar-refractivity contribution in [2.75, 3.05) is 12.4 Å². The van der Waals surface area contributed by atoms with Crippen LogP contribution < -0.4 is 10.0 Å². The molecule has 0 atom stereocenters. The number of aromatic nitrogens is 3. The molecule has 7 nitrogen and oxygen atoms in total. The molecule has 146 valence electrons. The number of hydrogen-bond donors (Lipinski definition) is 2. The van der Waals surface area contributed by atoms with Crippen LogP contribution in [0.15, 0.2) is 53.8 Å². The van der Waals surface area contributed by atoms with Gasteiger partial charge in [0, 0.05) is 38.1 Å². The van der Waals surface area contributed by atoms with E-state index in [4.69, 9.17) is 0 Å². The summed E-state index contributed by atoms with van der Waals surface area (Å²) >= 11 is 1.72. The van der Waals surface area contributed by atoms with Crippen LogP contribution in [0.3, 0.4) is 0 Å². The van der Waals surface area contributed by atoms with E-state index in [1.807, 2.05) is 24.9 Å². The van der Waals surface area contributed by atoms with Gasteiger partial charge in [-0.25, -0.2) is 18.1 Å². The molecule has 2 aromatic carbocycles. The maximum Gasteiger partial charge on any atom is 0.240 e. The zero-order valence-corrected chi connectivity index (χ0v) is 17.4. The van der Waals surface area contributed by atoms with Gasteiger partial charge in [0.05, 0.1) is 27.1 Å². The zero-order chi connectivity index (χ0) is 19.9. The van der Waals surface area contributed by atoms with E-state index >= 15 is 0 Å². The van der Waals surface area contributed by atoms with Crippen molar-refractivity contribution < 1.29 is 8.42 Å². The minimum Gasteiger partial charge on any atom is -0.380 e. The second kappa shape index (κ2) is 7.08. The number of anilines is 1. The predicted molar refractivity (Wildman–Crippen MR) is 113 cm³/mol. The van der Waals surface area contributed by atoms with Crippen molar-refractivity contribution in [1.29, 1.82) is 0 Å². The average molecular weight is 416 g/mol. The van der Waals surface area contributed by atoms with E-state index in [2.05, 4.69) is 37.2 Å². The Bertz CT molecular complexity index is 1250. The Kier molecular flexibility index (Phi) is 4.74. The van der Waals surface area contributed by atoms with Crippen molar-refractivity contribution in [2.45, 2.75) is 11.4 Å². The van der Waals surface area contributed by atoms with Crippen molar-refractivity contribution in [3.63, 3.8) is 0 Å². The second-order valence-electron chi connectivity index (χ2n) is 6.58. The Hall–Kier alpha value is -2.62. The lowest BCUT2D eigenvalue weighted by atomic mass is 10.1. The normalized spacial score (nSPS) is 12.0. The summed E-state index contributed by atoms with van der Waals surface area (Å²) in [5.74, 6) is 0. The third-order valence-electron chi connectivity index (χ3n) is 4.63. The standard InChI is InChI=1S/C19H21N5O2S2/c1-20-28(25,26)14-5-6-16(15(9-14)17-11-23(2)12-22-17)21-10-13-4-7-18-19(8-13)27-24(18)3/h4-9,11-12,20-21H,10H2,1-3H3. The lowest BCUT2D eigenvalue weighted by Gasteiger charge is -2.14. The van der Waals surface area contributed by atoms with Gasteiger partial charge in [0.1, 0.15) is 0 Å². The van der Waals surface area contributed by atoms with Crippen LogP contribution in [0.25, 0.3) is 21.5 Å². The van der Waals surface area contributed by atoms with E-state index in [9.17, 15) is 8.42 Å². The van der Waals surface area contributed by atoms with Gasteiger partial charge in [-0.05, 0) is 42.9 Å². The molecule has 4 aromatic rings. The molecule has 0 radical (unpaired) electrons. The van der Waals surface area contributed by atoms with Gasteiger partial charge in [-0.15, -0.1) is 0 Å². The van der Waals surface area contributed by atoms with Gasteiger partial charge in [0.15, 0.2) is 0 Å². The summed E-state index contributed by atoms with van der Waals surface area (Å²) < 4.78 is 32.0. The second-order valence-corrected chi connectivity index (χ2v) is 9.64. The van der Waals surface area contributed by atoms with Gasteiger partial charge in [-0.1, -0.05) is 17.6 Å². The van der Waals surface area contributed by atoms with Crippen LogP contribution >= 0.6 is 11.5 Å². The summed E-state index contributed by atoms with van der Waals surface area (Å²) in [5.41, 5.74) is 4.70. The molecule has 2 heterocycles.